The van der Waals surface area contributed by atoms with E-state index < -0.39 is 10.2 Å². The van der Waals surface area contributed by atoms with Gasteiger partial charge in [-0.1, -0.05) is 0 Å². The molecule has 0 aliphatic carbocycles. The van der Waals surface area contributed by atoms with Gasteiger partial charge in [-0.3, -0.25) is 4.79 Å². The highest BCUT2D eigenvalue weighted by molar-refractivity contribution is 7.86. The normalized spacial score (nSPS) is 21.5. The number of aromatic nitrogens is 2. The molecule has 0 radical (unpaired) electrons. The maximum atomic E-state index is 13.1. The van der Waals surface area contributed by atoms with Crippen LogP contribution in [-0.2, 0) is 21.5 Å². The van der Waals surface area contributed by atoms with Crippen molar-refractivity contribution in [2.45, 2.75) is 45.2 Å². The summed E-state index contributed by atoms with van der Waals surface area (Å²) in [6, 6.07) is 1.42. The van der Waals surface area contributed by atoms with E-state index in [1.807, 2.05) is 0 Å². The Labute approximate surface area is 160 Å². The molecule has 2 fully saturated rings. The molecule has 1 N–H and O–H groups in total. The van der Waals surface area contributed by atoms with Crippen LogP contribution in [0.1, 0.15) is 50.2 Å². The molecule has 2 aliphatic heterocycles. The number of amides is 1. The number of carbonyl (C=O) groups excluding carboxylic acids is 1. The van der Waals surface area contributed by atoms with E-state index in [0.29, 0.717) is 49.9 Å². The average molecular weight is 397 g/mol. The third kappa shape index (κ3) is 4.22. The van der Waals surface area contributed by atoms with Gasteiger partial charge < -0.3 is 10.2 Å². The number of anilines is 1. The van der Waals surface area contributed by atoms with E-state index in [-0.39, 0.29) is 11.9 Å². The van der Waals surface area contributed by atoms with Crippen LogP contribution < -0.4 is 5.32 Å². The Morgan fingerprint density at radius 2 is 1.96 bits per heavy atom. The molecule has 150 valence electrons. The fraction of sp³-hybridized carbons (Fsp3) is 0.706. The molecule has 2 aliphatic rings. The van der Waals surface area contributed by atoms with Gasteiger partial charge in [0.1, 0.15) is 11.6 Å². The molecule has 2 saturated heterocycles. The molecular weight excluding hydrogens is 368 g/mol. The first-order valence-corrected chi connectivity index (χ1v) is 10.8. The molecule has 0 unspecified atom stereocenters. The fourth-order valence-electron chi connectivity index (χ4n) is 3.57. The van der Waals surface area contributed by atoms with Crippen LogP contribution in [0.2, 0.25) is 0 Å². The highest BCUT2D eigenvalue weighted by atomic mass is 32.2. The largest absolute Gasteiger partial charge is 0.373 e. The van der Waals surface area contributed by atoms with Crippen LogP contribution in [0.4, 0.5) is 5.82 Å². The first-order valence-electron chi connectivity index (χ1n) is 9.37. The van der Waals surface area contributed by atoms with Gasteiger partial charge in [0, 0.05) is 46.7 Å². The minimum absolute atomic E-state index is 0.0553. The molecular formula is C17H28N6O3S. The predicted molar refractivity (Wildman–Crippen MR) is 102 cm³/mol. The topological polar surface area (TPSA) is 98.7 Å². The lowest BCUT2D eigenvalue weighted by molar-refractivity contribution is -0.128. The average Bonchev–Trinajstić information content (AvgIpc) is 3.33. The van der Waals surface area contributed by atoms with Crippen LogP contribution in [0.5, 0.6) is 0 Å². The number of nitrogens with zero attached hydrogens (tertiary/aromatic N) is 5. The van der Waals surface area contributed by atoms with Crippen molar-refractivity contribution < 1.29 is 13.2 Å². The molecule has 3 rings (SSSR count). The van der Waals surface area contributed by atoms with Gasteiger partial charge in [0.05, 0.1) is 18.3 Å². The lowest BCUT2D eigenvalue weighted by Gasteiger charge is -2.28. The first-order chi connectivity index (χ1) is 12.8. The monoisotopic (exact) mass is 396 g/mol. The summed E-state index contributed by atoms with van der Waals surface area (Å²) in [5, 5.41) is 3.01. The molecule has 1 atom stereocenters. The Morgan fingerprint density at radius 1 is 1.26 bits per heavy atom. The summed E-state index contributed by atoms with van der Waals surface area (Å²) >= 11 is 0. The number of hydrogen-bond donors (Lipinski definition) is 1. The molecule has 27 heavy (non-hydrogen) atoms. The van der Waals surface area contributed by atoms with Gasteiger partial charge in [-0.25, -0.2) is 9.97 Å². The van der Waals surface area contributed by atoms with Gasteiger partial charge in [0.25, 0.3) is 10.2 Å². The molecule has 10 heteroatoms. The summed E-state index contributed by atoms with van der Waals surface area (Å²) in [6.07, 6.45) is 3.30. The molecule has 1 aromatic rings. The zero-order valence-corrected chi connectivity index (χ0v) is 17.0. The van der Waals surface area contributed by atoms with Gasteiger partial charge in [-0.2, -0.15) is 17.0 Å². The fourth-order valence-corrected chi connectivity index (χ4v) is 5.47. The van der Waals surface area contributed by atoms with E-state index in [1.165, 1.54) is 6.92 Å². The van der Waals surface area contributed by atoms with Crippen molar-refractivity contribution >= 4 is 21.9 Å². The summed E-state index contributed by atoms with van der Waals surface area (Å²) in [5.74, 6) is 1.06. The molecule has 1 aromatic heterocycles. The lowest BCUT2D eigenvalue weighted by Crippen LogP contribution is -2.42. The van der Waals surface area contributed by atoms with E-state index in [4.69, 9.17) is 0 Å². The van der Waals surface area contributed by atoms with Crippen molar-refractivity contribution in [3.8, 4) is 0 Å². The van der Waals surface area contributed by atoms with Crippen molar-refractivity contribution in [3.05, 3.63) is 17.6 Å². The van der Waals surface area contributed by atoms with Crippen molar-refractivity contribution in [1.29, 1.82) is 0 Å². The lowest BCUT2D eigenvalue weighted by atomic mass is 10.2. The van der Waals surface area contributed by atoms with E-state index in [0.717, 1.165) is 19.3 Å². The highest BCUT2D eigenvalue weighted by Gasteiger charge is 2.41. The minimum atomic E-state index is -3.50. The van der Waals surface area contributed by atoms with Gasteiger partial charge in [0.15, 0.2) is 0 Å². The maximum absolute atomic E-state index is 13.1. The van der Waals surface area contributed by atoms with Crippen LogP contribution in [0.15, 0.2) is 6.07 Å². The van der Waals surface area contributed by atoms with Crippen molar-refractivity contribution in [1.82, 2.24) is 23.5 Å². The minimum Gasteiger partial charge on any atom is -0.373 e. The second kappa shape index (κ2) is 8.07. The maximum Gasteiger partial charge on any atom is 0.282 e. The molecule has 3 heterocycles. The Morgan fingerprint density at radius 3 is 2.59 bits per heavy atom. The summed E-state index contributed by atoms with van der Waals surface area (Å²) in [7, 11) is -0.0299. The smallest absolute Gasteiger partial charge is 0.282 e. The molecule has 1 amide bonds. The molecule has 0 spiro atoms. The standard InChI is InChI=1S/C17H28N6O3S/c1-13(24)21(3)12-14-11-16(18-2)20-17(19-14)15-7-6-10-23(15)27(25,26)22-8-4-5-9-22/h11,15H,4-10,12H2,1-3H3,(H,18,19,20)/t15-/m0/s1. The Balaban J connectivity index is 1.90. The highest BCUT2D eigenvalue weighted by Crippen LogP contribution is 2.35. The van der Waals surface area contributed by atoms with Crippen LogP contribution in [0.3, 0.4) is 0 Å². The van der Waals surface area contributed by atoms with E-state index in [1.54, 1.807) is 33.7 Å². The number of hydrogen-bond acceptors (Lipinski definition) is 6. The predicted octanol–water partition coefficient (Wildman–Crippen LogP) is 0.974. The molecule has 9 nitrogen and oxygen atoms in total. The van der Waals surface area contributed by atoms with E-state index in [2.05, 4.69) is 15.3 Å². The van der Waals surface area contributed by atoms with Gasteiger partial charge >= 0.3 is 0 Å². The van der Waals surface area contributed by atoms with Crippen molar-refractivity contribution in [2.75, 3.05) is 39.0 Å². The summed E-state index contributed by atoms with van der Waals surface area (Å²) in [4.78, 5) is 22.2. The number of rotatable bonds is 6. The van der Waals surface area contributed by atoms with Crippen molar-refractivity contribution in [3.63, 3.8) is 0 Å². The van der Waals surface area contributed by atoms with Crippen molar-refractivity contribution in [2.24, 2.45) is 0 Å². The van der Waals surface area contributed by atoms with Gasteiger partial charge in [-0.05, 0) is 25.7 Å². The van der Waals surface area contributed by atoms with Crippen LogP contribution in [-0.4, -0.2) is 71.5 Å². The zero-order chi connectivity index (χ0) is 19.6. The zero-order valence-electron chi connectivity index (χ0n) is 16.2. The van der Waals surface area contributed by atoms with Crippen LogP contribution in [0, 0.1) is 0 Å². The number of carbonyl (C=O) groups is 1. The molecule has 0 aromatic carbocycles. The SMILES string of the molecule is CNc1cc(CN(C)C(C)=O)nc([C@@H]2CCCN2S(=O)(=O)N2CCCC2)n1. The van der Waals surface area contributed by atoms with Crippen LogP contribution >= 0.6 is 0 Å². The molecule has 0 bridgehead atoms. The van der Waals surface area contributed by atoms with Gasteiger partial charge in [-0.15, -0.1) is 0 Å². The third-order valence-corrected chi connectivity index (χ3v) is 7.23. The van der Waals surface area contributed by atoms with Crippen LogP contribution in [0.25, 0.3) is 0 Å². The van der Waals surface area contributed by atoms with E-state index in [9.17, 15) is 13.2 Å². The second-order valence-corrected chi connectivity index (χ2v) is 8.99. The van der Waals surface area contributed by atoms with Gasteiger partial charge in [0.2, 0.25) is 5.91 Å². The Bertz CT molecular complexity index is 794. The number of nitrogens with one attached hydrogen (secondary N) is 1. The first kappa shape index (κ1) is 20.0. The van der Waals surface area contributed by atoms with E-state index >= 15 is 0 Å². The second-order valence-electron chi connectivity index (χ2n) is 7.11. The Kier molecular flexibility index (Phi) is 5.97. The quantitative estimate of drug-likeness (QED) is 0.769. The third-order valence-electron chi connectivity index (χ3n) is 5.18. The summed E-state index contributed by atoms with van der Waals surface area (Å²) in [6.45, 7) is 3.50. The summed E-state index contributed by atoms with van der Waals surface area (Å²) < 4.78 is 29.2. The molecule has 0 saturated carbocycles. The Hall–Kier alpha value is -1.78. The summed E-state index contributed by atoms with van der Waals surface area (Å²) in [5.41, 5.74) is 0.687.